The quantitative estimate of drug-likeness (QED) is 0.883. The lowest BCUT2D eigenvalue weighted by Crippen LogP contribution is -2.26. The molecule has 0 aliphatic heterocycles. The lowest BCUT2D eigenvalue weighted by Gasteiger charge is -2.13. The zero-order valence-electron chi connectivity index (χ0n) is 11.5. The number of amides is 1. The van der Waals surface area contributed by atoms with Gasteiger partial charge in [-0.3, -0.25) is 4.79 Å². The smallest absolute Gasteiger partial charge is 0.266 e. The van der Waals surface area contributed by atoms with Gasteiger partial charge in [-0.1, -0.05) is 6.08 Å². The van der Waals surface area contributed by atoms with E-state index in [0.717, 1.165) is 35.2 Å². The average molecular weight is 287 g/mol. The number of aromatic nitrogens is 1. The van der Waals surface area contributed by atoms with E-state index < -0.39 is 0 Å². The van der Waals surface area contributed by atoms with Crippen molar-refractivity contribution in [1.29, 1.82) is 0 Å². The molecule has 0 atom stereocenters. The monoisotopic (exact) mass is 287 g/mol. The van der Waals surface area contributed by atoms with Crippen LogP contribution in [0.5, 0.6) is 0 Å². The van der Waals surface area contributed by atoms with Crippen molar-refractivity contribution in [2.24, 2.45) is 0 Å². The molecule has 0 bridgehead atoms. The van der Waals surface area contributed by atoms with Gasteiger partial charge in [-0.25, -0.2) is 4.98 Å². The number of fused-ring (bicyclic) bond motifs is 2. The van der Waals surface area contributed by atoms with Gasteiger partial charge in [0.25, 0.3) is 5.91 Å². The first kappa shape index (κ1) is 13.1. The first-order valence-electron chi connectivity index (χ1n) is 6.69. The highest BCUT2D eigenvalue weighted by molar-refractivity contribution is 7.21. The van der Waals surface area contributed by atoms with Gasteiger partial charge in [-0.2, -0.15) is 0 Å². The summed E-state index contributed by atoms with van der Waals surface area (Å²) in [6.45, 7) is 4.16. The lowest BCUT2D eigenvalue weighted by atomic mass is 10.1. The molecule has 5 heteroatoms. The van der Waals surface area contributed by atoms with Gasteiger partial charge in [0.2, 0.25) is 0 Å². The molecule has 0 saturated heterocycles. The first-order valence-corrected chi connectivity index (χ1v) is 7.50. The predicted octanol–water partition coefficient (Wildman–Crippen LogP) is 2.63. The van der Waals surface area contributed by atoms with Crippen LogP contribution in [0, 0.1) is 0 Å². The third-order valence-corrected chi connectivity index (χ3v) is 4.80. The third-order valence-electron chi connectivity index (χ3n) is 3.69. The number of anilines is 1. The van der Waals surface area contributed by atoms with Crippen molar-refractivity contribution in [3.8, 4) is 0 Å². The maximum Gasteiger partial charge on any atom is 0.266 e. The minimum atomic E-state index is -0.0643. The van der Waals surface area contributed by atoms with Crippen LogP contribution in [0.1, 0.15) is 27.3 Å². The zero-order chi connectivity index (χ0) is 14.3. The van der Waals surface area contributed by atoms with Gasteiger partial charge < -0.3 is 10.6 Å². The summed E-state index contributed by atoms with van der Waals surface area (Å²) < 4.78 is 0. The normalized spacial score (nSPS) is 13.4. The van der Waals surface area contributed by atoms with Crippen molar-refractivity contribution in [2.45, 2.75) is 19.3 Å². The molecule has 1 amide bonds. The first-order chi connectivity index (χ1) is 9.61. The van der Waals surface area contributed by atoms with E-state index in [2.05, 4.69) is 17.6 Å². The number of hydrogen-bond acceptors (Lipinski definition) is 4. The van der Waals surface area contributed by atoms with E-state index in [4.69, 9.17) is 5.73 Å². The molecule has 1 aliphatic carbocycles. The second-order valence-corrected chi connectivity index (χ2v) is 6.12. The number of pyridine rings is 1. The van der Waals surface area contributed by atoms with Gasteiger partial charge in [0.1, 0.15) is 9.71 Å². The average Bonchev–Trinajstić information content (AvgIpc) is 3.01. The van der Waals surface area contributed by atoms with E-state index >= 15 is 0 Å². The summed E-state index contributed by atoms with van der Waals surface area (Å²) in [5.41, 5.74) is 9.17. The van der Waals surface area contributed by atoms with Crippen molar-refractivity contribution in [3.63, 3.8) is 0 Å². The molecule has 0 aromatic carbocycles. The molecule has 0 fully saturated rings. The van der Waals surface area contributed by atoms with Crippen LogP contribution in [0.2, 0.25) is 0 Å². The molecule has 2 aromatic heterocycles. The van der Waals surface area contributed by atoms with E-state index in [0.29, 0.717) is 17.1 Å². The van der Waals surface area contributed by atoms with Crippen molar-refractivity contribution in [2.75, 3.05) is 19.3 Å². The van der Waals surface area contributed by atoms with Crippen molar-refractivity contribution in [1.82, 2.24) is 9.88 Å². The number of likely N-dealkylation sites (N-methyl/N-ethyl adjacent to an activating group) is 1. The highest BCUT2D eigenvalue weighted by atomic mass is 32.1. The van der Waals surface area contributed by atoms with Gasteiger partial charge in [-0.05, 0) is 30.9 Å². The van der Waals surface area contributed by atoms with Gasteiger partial charge in [-0.15, -0.1) is 17.9 Å². The Balaban J connectivity index is 2.07. The van der Waals surface area contributed by atoms with Crippen LogP contribution in [0.15, 0.2) is 18.7 Å². The maximum absolute atomic E-state index is 12.4. The maximum atomic E-state index is 12.4. The van der Waals surface area contributed by atoms with E-state index in [9.17, 15) is 4.79 Å². The summed E-state index contributed by atoms with van der Waals surface area (Å²) in [7, 11) is 1.75. The standard InChI is InChI=1S/C15H17N3OS/c1-3-7-18(2)15(19)13-12(16)10-8-9-5-4-6-11(9)17-14(10)20-13/h3,8H,1,4-7,16H2,2H3. The van der Waals surface area contributed by atoms with E-state index in [-0.39, 0.29) is 5.91 Å². The van der Waals surface area contributed by atoms with Crippen LogP contribution in [0.25, 0.3) is 10.2 Å². The lowest BCUT2D eigenvalue weighted by molar-refractivity contribution is 0.0816. The van der Waals surface area contributed by atoms with E-state index in [1.807, 2.05) is 0 Å². The highest BCUT2D eigenvalue weighted by Crippen LogP contribution is 2.36. The summed E-state index contributed by atoms with van der Waals surface area (Å²) >= 11 is 1.39. The molecule has 104 valence electrons. The number of carbonyl (C=O) groups excluding carboxylic acids is 1. The number of carbonyl (C=O) groups is 1. The molecule has 0 unspecified atom stereocenters. The summed E-state index contributed by atoms with van der Waals surface area (Å²) in [6, 6.07) is 2.11. The molecule has 0 radical (unpaired) electrons. The van der Waals surface area contributed by atoms with Crippen LogP contribution in [-0.2, 0) is 12.8 Å². The Morgan fingerprint density at radius 2 is 2.40 bits per heavy atom. The molecular weight excluding hydrogens is 270 g/mol. The minimum absolute atomic E-state index is 0.0643. The predicted molar refractivity (Wildman–Crippen MR) is 83.2 cm³/mol. The fourth-order valence-electron chi connectivity index (χ4n) is 2.61. The largest absolute Gasteiger partial charge is 0.397 e. The molecule has 0 saturated carbocycles. The number of nitrogens with two attached hydrogens (primary N) is 1. The van der Waals surface area contributed by atoms with Gasteiger partial charge in [0.15, 0.2) is 0 Å². The zero-order valence-corrected chi connectivity index (χ0v) is 12.3. The fraction of sp³-hybridized carbons (Fsp3) is 0.333. The highest BCUT2D eigenvalue weighted by Gasteiger charge is 2.22. The number of nitrogens with zero attached hydrogens (tertiary/aromatic N) is 2. The Hall–Kier alpha value is -1.88. The molecule has 0 spiro atoms. The minimum Gasteiger partial charge on any atom is -0.397 e. The Kier molecular flexibility index (Phi) is 3.22. The second kappa shape index (κ2) is 4.90. The molecule has 2 heterocycles. The van der Waals surface area contributed by atoms with Crippen molar-refractivity contribution in [3.05, 3.63) is 34.9 Å². The van der Waals surface area contributed by atoms with Crippen molar-refractivity contribution >= 4 is 33.1 Å². The molecule has 4 nitrogen and oxygen atoms in total. The fourth-order valence-corrected chi connectivity index (χ4v) is 3.70. The van der Waals surface area contributed by atoms with Crippen LogP contribution in [-0.4, -0.2) is 29.4 Å². The van der Waals surface area contributed by atoms with Crippen LogP contribution in [0.3, 0.4) is 0 Å². The summed E-state index contributed by atoms with van der Waals surface area (Å²) in [6.07, 6.45) is 4.96. The second-order valence-electron chi connectivity index (χ2n) is 5.12. The Morgan fingerprint density at radius 1 is 1.60 bits per heavy atom. The SMILES string of the molecule is C=CCN(C)C(=O)c1sc2nc3c(cc2c1N)CCC3. The number of aryl methyl sites for hydroxylation is 2. The summed E-state index contributed by atoms with van der Waals surface area (Å²) in [5.74, 6) is -0.0643. The summed E-state index contributed by atoms with van der Waals surface area (Å²) in [5, 5.41) is 0.922. The molecule has 20 heavy (non-hydrogen) atoms. The molecule has 2 N–H and O–H groups in total. The van der Waals surface area contributed by atoms with E-state index in [1.54, 1.807) is 18.0 Å². The van der Waals surface area contributed by atoms with Gasteiger partial charge in [0, 0.05) is 24.7 Å². The Labute approximate surface area is 121 Å². The molecule has 3 rings (SSSR count). The Morgan fingerprint density at radius 3 is 3.15 bits per heavy atom. The third kappa shape index (κ3) is 1.98. The number of thiophene rings is 1. The molecular formula is C15H17N3OS. The van der Waals surface area contributed by atoms with Crippen LogP contribution in [0.4, 0.5) is 5.69 Å². The van der Waals surface area contributed by atoms with Crippen LogP contribution < -0.4 is 5.73 Å². The number of nitrogen functional groups attached to an aromatic ring is 1. The number of rotatable bonds is 3. The summed E-state index contributed by atoms with van der Waals surface area (Å²) in [4.78, 5) is 20.1. The van der Waals surface area contributed by atoms with Crippen molar-refractivity contribution < 1.29 is 4.79 Å². The number of hydrogen-bond donors (Lipinski definition) is 1. The Bertz CT molecular complexity index is 705. The molecule has 1 aliphatic rings. The van der Waals surface area contributed by atoms with Gasteiger partial charge in [0.05, 0.1) is 5.69 Å². The van der Waals surface area contributed by atoms with E-state index in [1.165, 1.54) is 16.9 Å². The van der Waals surface area contributed by atoms with Gasteiger partial charge >= 0.3 is 0 Å². The van der Waals surface area contributed by atoms with Crippen LogP contribution >= 0.6 is 11.3 Å². The molecule has 2 aromatic rings. The topological polar surface area (TPSA) is 59.2 Å².